The third-order valence-electron chi connectivity index (χ3n) is 3.89. The largest absolute Gasteiger partial charge is 0.327 e. The fraction of sp³-hybridized carbons (Fsp3) is 0.538. The number of halogens is 4. The number of hydrogen-bond donors (Lipinski definition) is 1. The third-order valence-corrected chi connectivity index (χ3v) is 5.76. The van der Waals surface area contributed by atoms with Crippen molar-refractivity contribution in [2.75, 3.05) is 13.1 Å². The number of benzene rings is 1. The fourth-order valence-electron chi connectivity index (χ4n) is 2.38. The Morgan fingerprint density at radius 1 is 1.23 bits per heavy atom. The van der Waals surface area contributed by atoms with E-state index in [1.807, 2.05) is 0 Å². The van der Waals surface area contributed by atoms with Crippen LogP contribution in [0.2, 0.25) is 0 Å². The number of sulfonamides is 1. The highest BCUT2D eigenvalue weighted by molar-refractivity contribution is 7.89. The minimum Gasteiger partial charge on any atom is -0.327 e. The van der Waals surface area contributed by atoms with Crippen molar-refractivity contribution in [2.45, 2.75) is 31.2 Å². The Morgan fingerprint density at radius 3 is 2.36 bits per heavy atom. The van der Waals surface area contributed by atoms with Gasteiger partial charge < -0.3 is 5.73 Å². The summed E-state index contributed by atoms with van der Waals surface area (Å²) < 4.78 is 65.8. The molecule has 22 heavy (non-hydrogen) atoms. The van der Waals surface area contributed by atoms with E-state index in [0.29, 0.717) is 12.5 Å². The predicted octanol–water partition coefficient (Wildman–Crippen LogP) is 2.27. The van der Waals surface area contributed by atoms with Crippen molar-refractivity contribution in [3.05, 3.63) is 29.6 Å². The van der Waals surface area contributed by atoms with E-state index in [0.717, 1.165) is 10.4 Å². The van der Waals surface area contributed by atoms with Gasteiger partial charge in [0.2, 0.25) is 10.0 Å². The first-order chi connectivity index (χ1) is 9.57. The van der Waals surface area contributed by atoms with E-state index in [-0.39, 0.29) is 31.5 Å². The fourth-order valence-corrected chi connectivity index (χ4v) is 4.06. The summed E-state index contributed by atoms with van der Waals surface area (Å²) in [5.74, 6) is -4.90. The molecule has 1 saturated heterocycles. The summed E-state index contributed by atoms with van der Waals surface area (Å²) in [6, 6.07) is 1.16. The summed E-state index contributed by atoms with van der Waals surface area (Å²) in [6.07, 6.45) is 0.414. The van der Waals surface area contributed by atoms with Gasteiger partial charge in [-0.25, -0.2) is 21.6 Å². The van der Waals surface area contributed by atoms with Crippen LogP contribution >= 0.6 is 12.4 Å². The Morgan fingerprint density at radius 2 is 1.82 bits per heavy atom. The summed E-state index contributed by atoms with van der Waals surface area (Å²) >= 11 is 0. The van der Waals surface area contributed by atoms with E-state index in [2.05, 4.69) is 0 Å². The van der Waals surface area contributed by atoms with Crippen LogP contribution in [0.5, 0.6) is 0 Å². The quantitative estimate of drug-likeness (QED) is 0.825. The van der Waals surface area contributed by atoms with Crippen molar-refractivity contribution in [1.29, 1.82) is 0 Å². The van der Waals surface area contributed by atoms with Gasteiger partial charge in [-0.15, -0.1) is 12.4 Å². The lowest BCUT2D eigenvalue weighted by atomic mass is 9.81. The summed E-state index contributed by atoms with van der Waals surface area (Å²) in [6.45, 7) is 3.82. The molecule has 0 radical (unpaired) electrons. The second-order valence-corrected chi connectivity index (χ2v) is 7.80. The number of hydrogen-bond acceptors (Lipinski definition) is 3. The van der Waals surface area contributed by atoms with Crippen LogP contribution < -0.4 is 5.73 Å². The molecule has 1 heterocycles. The van der Waals surface area contributed by atoms with Gasteiger partial charge in [0.05, 0.1) is 0 Å². The van der Waals surface area contributed by atoms with E-state index in [1.54, 1.807) is 13.8 Å². The standard InChI is InChI=1S/C13H17F3N2O2S.ClH/c1-13(2)7-18(6-5-10(13)17)21(19,20)9-4-3-8(14)11(15)12(9)16;/h3-4,10H,5-7,17H2,1-2H3;1H. The van der Waals surface area contributed by atoms with Crippen molar-refractivity contribution in [2.24, 2.45) is 11.1 Å². The van der Waals surface area contributed by atoms with Crippen LogP contribution in [-0.2, 0) is 10.0 Å². The van der Waals surface area contributed by atoms with Gasteiger partial charge >= 0.3 is 0 Å². The third kappa shape index (κ3) is 3.24. The molecule has 1 atom stereocenters. The highest BCUT2D eigenvalue weighted by Gasteiger charge is 2.40. The molecule has 126 valence electrons. The summed E-state index contributed by atoms with van der Waals surface area (Å²) in [5.41, 5.74) is 5.44. The van der Waals surface area contributed by atoms with E-state index in [4.69, 9.17) is 5.73 Å². The van der Waals surface area contributed by atoms with Crippen LogP contribution in [-0.4, -0.2) is 31.9 Å². The molecule has 0 spiro atoms. The van der Waals surface area contributed by atoms with Crippen molar-refractivity contribution < 1.29 is 21.6 Å². The Labute approximate surface area is 133 Å². The summed E-state index contributed by atoms with van der Waals surface area (Å²) in [5, 5.41) is 0. The summed E-state index contributed by atoms with van der Waals surface area (Å²) in [7, 11) is -4.23. The molecule has 1 aromatic carbocycles. The molecule has 4 nitrogen and oxygen atoms in total. The lowest BCUT2D eigenvalue weighted by Gasteiger charge is -2.41. The maximum absolute atomic E-state index is 13.7. The van der Waals surface area contributed by atoms with Crippen LogP contribution in [0.1, 0.15) is 20.3 Å². The molecule has 2 rings (SSSR count). The van der Waals surface area contributed by atoms with Gasteiger partial charge in [0, 0.05) is 19.1 Å². The molecular weight excluding hydrogens is 341 g/mol. The first-order valence-electron chi connectivity index (χ1n) is 6.46. The molecule has 9 heteroatoms. The van der Waals surface area contributed by atoms with Gasteiger partial charge in [-0.2, -0.15) is 4.31 Å². The van der Waals surface area contributed by atoms with Gasteiger partial charge in [-0.05, 0) is 24.0 Å². The molecule has 1 aliphatic rings. The zero-order valence-corrected chi connectivity index (χ0v) is 13.8. The Kier molecular flexibility index (Phi) is 5.55. The van der Waals surface area contributed by atoms with Gasteiger partial charge in [0.1, 0.15) is 4.90 Å². The average Bonchev–Trinajstić information content (AvgIpc) is 2.38. The predicted molar refractivity (Wildman–Crippen MR) is 78.7 cm³/mol. The number of nitrogens with two attached hydrogens (primary N) is 1. The normalized spacial score (nSPS) is 22.2. The zero-order chi connectivity index (χ0) is 16.0. The topological polar surface area (TPSA) is 63.4 Å². The highest BCUT2D eigenvalue weighted by Crippen LogP contribution is 2.32. The molecule has 1 aliphatic heterocycles. The molecule has 0 aromatic heterocycles. The average molecular weight is 359 g/mol. The maximum Gasteiger partial charge on any atom is 0.246 e. The molecule has 0 saturated carbocycles. The lowest BCUT2D eigenvalue weighted by Crippen LogP contribution is -2.53. The Hall–Kier alpha value is -0.830. The first-order valence-corrected chi connectivity index (χ1v) is 7.90. The molecule has 2 N–H and O–H groups in total. The molecule has 0 aliphatic carbocycles. The SMILES string of the molecule is CC1(C)CN(S(=O)(=O)c2ccc(F)c(F)c2F)CCC1N.Cl. The van der Waals surface area contributed by atoms with Crippen molar-refractivity contribution >= 4 is 22.4 Å². The maximum atomic E-state index is 13.7. The zero-order valence-electron chi connectivity index (χ0n) is 12.1. The van der Waals surface area contributed by atoms with E-state index < -0.39 is 37.8 Å². The minimum atomic E-state index is -4.23. The molecule has 1 aromatic rings. The number of piperidine rings is 1. The number of rotatable bonds is 2. The van der Waals surface area contributed by atoms with Crippen molar-refractivity contribution in [1.82, 2.24) is 4.31 Å². The van der Waals surface area contributed by atoms with Crippen molar-refractivity contribution in [3.63, 3.8) is 0 Å². The number of nitrogens with zero attached hydrogens (tertiary/aromatic N) is 1. The van der Waals surface area contributed by atoms with Crippen LogP contribution in [0.15, 0.2) is 17.0 Å². The molecule has 0 amide bonds. The van der Waals surface area contributed by atoms with Crippen LogP contribution in [0.4, 0.5) is 13.2 Å². The molecule has 1 unspecified atom stereocenters. The van der Waals surface area contributed by atoms with Crippen molar-refractivity contribution in [3.8, 4) is 0 Å². The van der Waals surface area contributed by atoms with E-state index >= 15 is 0 Å². The van der Waals surface area contributed by atoms with Crippen LogP contribution in [0.3, 0.4) is 0 Å². The van der Waals surface area contributed by atoms with E-state index in [1.165, 1.54) is 0 Å². The first kappa shape index (κ1) is 19.2. The van der Waals surface area contributed by atoms with Gasteiger partial charge in [0.25, 0.3) is 0 Å². The van der Waals surface area contributed by atoms with Gasteiger partial charge in [-0.3, -0.25) is 0 Å². The highest BCUT2D eigenvalue weighted by atomic mass is 35.5. The van der Waals surface area contributed by atoms with Gasteiger partial charge in [-0.1, -0.05) is 13.8 Å². The van der Waals surface area contributed by atoms with Gasteiger partial charge in [0.15, 0.2) is 17.5 Å². The lowest BCUT2D eigenvalue weighted by molar-refractivity contribution is 0.155. The Balaban J connectivity index is 0.00000242. The monoisotopic (exact) mass is 358 g/mol. The van der Waals surface area contributed by atoms with Crippen LogP contribution in [0.25, 0.3) is 0 Å². The second-order valence-electron chi connectivity index (χ2n) is 5.90. The van der Waals surface area contributed by atoms with Crippen LogP contribution in [0, 0.1) is 22.9 Å². The second kappa shape index (κ2) is 6.35. The summed E-state index contributed by atoms with van der Waals surface area (Å²) in [4.78, 5) is -0.854. The molecule has 0 bridgehead atoms. The van der Waals surface area contributed by atoms with E-state index in [9.17, 15) is 21.6 Å². The molecular formula is C13H18ClF3N2O2S. The Bertz CT molecular complexity index is 667. The minimum absolute atomic E-state index is 0. The molecule has 1 fully saturated rings. The smallest absolute Gasteiger partial charge is 0.246 e.